The lowest BCUT2D eigenvalue weighted by molar-refractivity contribution is -0.129. The molecule has 7 heteroatoms. The predicted octanol–water partition coefficient (Wildman–Crippen LogP) is 4.17. The molecule has 0 bridgehead atoms. The van der Waals surface area contributed by atoms with Crippen LogP contribution in [0, 0.1) is 0 Å². The van der Waals surface area contributed by atoms with Crippen molar-refractivity contribution in [3.8, 4) is 0 Å². The van der Waals surface area contributed by atoms with Gasteiger partial charge in [-0.1, -0.05) is 42.5 Å². The van der Waals surface area contributed by atoms with Crippen molar-refractivity contribution in [2.45, 2.75) is 45.3 Å². The molecule has 3 amide bonds. The summed E-state index contributed by atoms with van der Waals surface area (Å²) in [5.74, 6) is -0.249. The second-order valence-electron chi connectivity index (χ2n) is 7.46. The number of rotatable bonds is 7. The lowest BCUT2D eigenvalue weighted by Gasteiger charge is -2.19. The zero-order valence-electron chi connectivity index (χ0n) is 17.2. The molecule has 0 aliphatic carbocycles. The van der Waals surface area contributed by atoms with Crippen molar-refractivity contribution in [2.24, 2.45) is 0 Å². The predicted molar refractivity (Wildman–Crippen MR) is 112 cm³/mol. The van der Waals surface area contributed by atoms with Crippen molar-refractivity contribution < 1.29 is 23.9 Å². The third-order valence-electron chi connectivity index (χ3n) is 4.71. The first-order valence-electron chi connectivity index (χ1n) is 10.0. The molecule has 1 atom stereocenters. The lowest BCUT2D eigenvalue weighted by Crippen LogP contribution is -2.40. The maximum atomic E-state index is 12.7. The van der Waals surface area contributed by atoms with E-state index in [0.717, 1.165) is 11.1 Å². The van der Waals surface area contributed by atoms with E-state index in [4.69, 9.17) is 9.47 Å². The number of cyclic esters (lactones) is 1. The third kappa shape index (κ3) is 5.83. The highest BCUT2D eigenvalue weighted by Gasteiger charge is 2.37. The summed E-state index contributed by atoms with van der Waals surface area (Å²) in [4.78, 5) is 37.7. The Balaban J connectivity index is 1.53. The Morgan fingerprint density at radius 1 is 1.10 bits per heavy atom. The largest absolute Gasteiger partial charge is 0.447 e. The number of amides is 3. The SMILES string of the molecule is CC(C)OC(=O)Nc1ccc(CCC(=O)N2C(=O)OC[C@H]2Cc2ccccc2)cc1. The fraction of sp³-hybridized carbons (Fsp3) is 0.348. The summed E-state index contributed by atoms with van der Waals surface area (Å²) in [6, 6.07) is 16.6. The number of benzene rings is 2. The van der Waals surface area contributed by atoms with Crippen LogP contribution in [0.3, 0.4) is 0 Å². The summed E-state index contributed by atoms with van der Waals surface area (Å²) in [6.07, 6.45) is -0.0298. The summed E-state index contributed by atoms with van der Waals surface area (Å²) in [5, 5.41) is 2.65. The van der Waals surface area contributed by atoms with Crippen LogP contribution in [-0.2, 0) is 27.1 Å². The average molecular weight is 410 g/mol. The second-order valence-corrected chi connectivity index (χ2v) is 7.46. The van der Waals surface area contributed by atoms with E-state index in [9.17, 15) is 14.4 Å². The highest BCUT2D eigenvalue weighted by molar-refractivity contribution is 5.93. The van der Waals surface area contributed by atoms with Gasteiger partial charge in [-0.3, -0.25) is 10.1 Å². The first-order valence-corrected chi connectivity index (χ1v) is 10.0. The molecule has 2 aromatic rings. The van der Waals surface area contributed by atoms with E-state index in [-0.39, 0.29) is 31.1 Å². The monoisotopic (exact) mass is 410 g/mol. The Labute approximate surface area is 176 Å². The Morgan fingerprint density at radius 3 is 2.47 bits per heavy atom. The Morgan fingerprint density at radius 2 is 1.80 bits per heavy atom. The van der Waals surface area contributed by atoms with Crippen LogP contribution < -0.4 is 5.32 Å². The number of nitrogens with one attached hydrogen (secondary N) is 1. The average Bonchev–Trinajstić information content (AvgIpc) is 3.07. The van der Waals surface area contributed by atoms with Crippen LogP contribution in [0.2, 0.25) is 0 Å². The number of hydrogen-bond donors (Lipinski definition) is 1. The molecule has 0 radical (unpaired) electrons. The van der Waals surface area contributed by atoms with Gasteiger partial charge in [-0.05, 0) is 49.9 Å². The minimum atomic E-state index is -0.579. The van der Waals surface area contributed by atoms with Gasteiger partial charge < -0.3 is 9.47 Å². The van der Waals surface area contributed by atoms with Crippen LogP contribution in [0.5, 0.6) is 0 Å². The van der Waals surface area contributed by atoms with Gasteiger partial charge >= 0.3 is 12.2 Å². The highest BCUT2D eigenvalue weighted by Crippen LogP contribution is 2.20. The van der Waals surface area contributed by atoms with Crippen LogP contribution >= 0.6 is 0 Å². The first-order chi connectivity index (χ1) is 14.4. The number of anilines is 1. The molecule has 2 aromatic carbocycles. The molecule has 30 heavy (non-hydrogen) atoms. The standard InChI is InChI=1S/C23H26N2O5/c1-16(2)30-22(27)24-19-11-8-17(9-12-19)10-13-21(26)25-20(15-29-23(25)28)14-18-6-4-3-5-7-18/h3-9,11-12,16,20H,10,13-15H2,1-2H3,(H,24,27)/t20-/m1/s1. The lowest BCUT2D eigenvalue weighted by atomic mass is 10.0. The molecule has 7 nitrogen and oxygen atoms in total. The molecule has 1 fully saturated rings. The molecule has 0 saturated carbocycles. The zero-order chi connectivity index (χ0) is 21.5. The van der Waals surface area contributed by atoms with Crippen LogP contribution in [0.4, 0.5) is 15.3 Å². The van der Waals surface area contributed by atoms with Gasteiger partial charge in [-0.15, -0.1) is 0 Å². The summed E-state index contributed by atoms with van der Waals surface area (Å²) in [5.41, 5.74) is 2.60. The van der Waals surface area contributed by atoms with Gasteiger partial charge in [0.05, 0.1) is 12.1 Å². The number of carbonyl (C=O) groups is 3. The van der Waals surface area contributed by atoms with Gasteiger partial charge in [0.2, 0.25) is 5.91 Å². The van der Waals surface area contributed by atoms with Crippen LogP contribution in [0.15, 0.2) is 54.6 Å². The number of carbonyl (C=O) groups excluding carboxylic acids is 3. The van der Waals surface area contributed by atoms with E-state index in [1.807, 2.05) is 42.5 Å². The van der Waals surface area contributed by atoms with Crippen molar-refractivity contribution in [3.63, 3.8) is 0 Å². The minimum Gasteiger partial charge on any atom is -0.447 e. The van der Waals surface area contributed by atoms with Crippen LogP contribution in [0.1, 0.15) is 31.4 Å². The van der Waals surface area contributed by atoms with Crippen molar-refractivity contribution in [1.29, 1.82) is 0 Å². The van der Waals surface area contributed by atoms with E-state index < -0.39 is 12.2 Å². The Bertz CT molecular complexity index is 880. The summed E-state index contributed by atoms with van der Waals surface area (Å²) in [7, 11) is 0. The molecule has 1 aliphatic heterocycles. The topological polar surface area (TPSA) is 84.9 Å². The molecule has 1 saturated heterocycles. The molecule has 1 heterocycles. The molecule has 158 valence electrons. The van der Waals surface area contributed by atoms with Gasteiger partial charge in [0.1, 0.15) is 6.61 Å². The van der Waals surface area contributed by atoms with Crippen molar-refractivity contribution in [1.82, 2.24) is 4.90 Å². The summed E-state index contributed by atoms with van der Waals surface area (Å²) < 4.78 is 10.2. The maximum absolute atomic E-state index is 12.7. The molecular formula is C23H26N2O5. The normalized spacial score (nSPS) is 15.8. The molecule has 3 rings (SSSR count). The molecule has 0 unspecified atom stereocenters. The van der Waals surface area contributed by atoms with Gasteiger partial charge in [0.15, 0.2) is 0 Å². The van der Waals surface area contributed by atoms with E-state index >= 15 is 0 Å². The smallest absolute Gasteiger partial charge is 0.416 e. The fourth-order valence-corrected chi connectivity index (χ4v) is 3.29. The summed E-state index contributed by atoms with van der Waals surface area (Å²) in [6.45, 7) is 3.77. The Hall–Kier alpha value is -3.35. The van der Waals surface area contributed by atoms with Crippen molar-refractivity contribution >= 4 is 23.8 Å². The Kier molecular flexibility index (Phi) is 7.06. The number of imide groups is 1. The van der Waals surface area contributed by atoms with Crippen LogP contribution in [0.25, 0.3) is 0 Å². The fourth-order valence-electron chi connectivity index (χ4n) is 3.29. The zero-order valence-corrected chi connectivity index (χ0v) is 17.2. The van der Waals surface area contributed by atoms with Crippen molar-refractivity contribution in [3.05, 3.63) is 65.7 Å². The molecule has 0 aromatic heterocycles. The molecule has 0 spiro atoms. The highest BCUT2D eigenvalue weighted by atomic mass is 16.6. The van der Waals surface area contributed by atoms with Crippen molar-refractivity contribution in [2.75, 3.05) is 11.9 Å². The number of aryl methyl sites for hydroxylation is 1. The second kappa shape index (κ2) is 9.91. The van der Waals surface area contributed by atoms with Crippen LogP contribution in [-0.4, -0.2) is 41.7 Å². The first kappa shape index (κ1) is 21.4. The van der Waals surface area contributed by atoms with Gasteiger partial charge in [0, 0.05) is 12.1 Å². The number of nitrogens with zero attached hydrogens (tertiary/aromatic N) is 1. The van der Waals surface area contributed by atoms with Gasteiger partial charge in [-0.2, -0.15) is 0 Å². The van der Waals surface area contributed by atoms with E-state index in [1.54, 1.807) is 26.0 Å². The number of ether oxygens (including phenoxy) is 2. The van der Waals surface area contributed by atoms with Gasteiger partial charge in [0.25, 0.3) is 0 Å². The minimum absolute atomic E-state index is 0.196. The maximum Gasteiger partial charge on any atom is 0.416 e. The van der Waals surface area contributed by atoms with E-state index in [0.29, 0.717) is 18.5 Å². The molecular weight excluding hydrogens is 384 g/mol. The third-order valence-corrected chi connectivity index (χ3v) is 4.71. The molecule has 1 aliphatic rings. The molecule has 1 N–H and O–H groups in total. The summed E-state index contributed by atoms with van der Waals surface area (Å²) >= 11 is 0. The van der Waals surface area contributed by atoms with E-state index in [1.165, 1.54) is 4.90 Å². The number of hydrogen-bond acceptors (Lipinski definition) is 5. The van der Waals surface area contributed by atoms with Gasteiger partial charge in [-0.25, -0.2) is 14.5 Å². The quantitative estimate of drug-likeness (QED) is 0.741. The van der Waals surface area contributed by atoms with E-state index in [2.05, 4.69) is 5.32 Å².